The minimum Gasteiger partial charge on any atom is -0.464 e. The first kappa shape index (κ1) is 17.1. The molecule has 140 valence electrons. The Bertz CT molecular complexity index is 1140. The third-order valence-electron chi connectivity index (χ3n) is 5.66. The highest BCUT2D eigenvalue weighted by Crippen LogP contribution is 2.38. The van der Waals surface area contributed by atoms with Crippen LogP contribution in [0, 0.1) is 5.82 Å². The smallest absolute Gasteiger partial charge is 0.137 e. The Morgan fingerprint density at radius 3 is 2.93 bits per heavy atom. The van der Waals surface area contributed by atoms with Gasteiger partial charge >= 0.3 is 0 Å². The normalized spacial score (nSPS) is 17.0. The van der Waals surface area contributed by atoms with Crippen LogP contribution < -0.4 is 0 Å². The van der Waals surface area contributed by atoms with E-state index in [1.807, 2.05) is 18.2 Å². The monoisotopic (exact) mass is 373 g/mol. The number of fused-ring (bicyclic) bond motifs is 2. The fourth-order valence-electron chi connectivity index (χ4n) is 4.12. The third kappa shape index (κ3) is 2.79. The van der Waals surface area contributed by atoms with Crippen LogP contribution in [0.5, 0.6) is 0 Å². The highest BCUT2D eigenvalue weighted by Gasteiger charge is 2.29. The molecular formula is C23H20FN3O. The molecule has 0 spiro atoms. The molecular weight excluding hydrogens is 353 g/mol. The molecule has 0 radical (unpaired) electrons. The lowest BCUT2D eigenvalue weighted by Crippen LogP contribution is -2.34. The van der Waals surface area contributed by atoms with Gasteiger partial charge in [0.25, 0.3) is 0 Å². The fraction of sp³-hybridized carbons (Fsp3) is 0.217. The first-order chi connectivity index (χ1) is 13.7. The molecule has 0 aliphatic carbocycles. The standard InChI is InChI=1S/C23H20FN3O/c1-2-27-13-19(16-6-5-15-9-11-28-22(15)12-16)17-7-8-18(23(24)20(17)14-27)21-4-3-10-25-26-21/h3-12,19H,2,13-14H2,1H3. The van der Waals surface area contributed by atoms with Crippen molar-refractivity contribution in [2.45, 2.75) is 19.4 Å². The number of rotatable bonds is 3. The van der Waals surface area contributed by atoms with Crippen molar-refractivity contribution in [3.05, 3.63) is 83.5 Å². The van der Waals surface area contributed by atoms with Gasteiger partial charge in [0, 0.05) is 41.7 Å². The van der Waals surface area contributed by atoms with Crippen LogP contribution in [0.25, 0.3) is 22.2 Å². The number of hydrogen-bond acceptors (Lipinski definition) is 4. The maximum atomic E-state index is 15.5. The molecule has 3 heterocycles. The van der Waals surface area contributed by atoms with E-state index in [-0.39, 0.29) is 11.7 Å². The molecule has 0 fully saturated rings. The minimum atomic E-state index is -0.194. The predicted octanol–water partition coefficient (Wildman–Crippen LogP) is 5.00. The highest BCUT2D eigenvalue weighted by atomic mass is 19.1. The number of hydrogen-bond donors (Lipinski definition) is 0. The second kappa shape index (κ2) is 6.84. The summed E-state index contributed by atoms with van der Waals surface area (Å²) in [5.41, 5.74) is 4.87. The van der Waals surface area contributed by atoms with Crippen LogP contribution in [0.15, 0.2) is 65.4 Å². The van der Waals surface area contributed by atoms with E-state index in [2.05, 4.69) is 40.2 Å². The quantitative estimate of drug-likeness (QED) is 0.507. The Hall–Kier alpha value is -3.05. The van der Waals surface area contributed by atoms with Gasteiger partial charge in [-0.3, -0.25) is 4.90 Å². The molecule has 4 aromatic rings. The Morgan fingerprint density at radius 2 is 2.11 bits per heavy atom. The predicted molar refractivity (Wildman–Crippen MR) is 106 cm³/mol. The summed E-state index contributed by atoms with van der Waals surface area (Å²) in [6, 6.07) is 15.7. The second-order valence-corrected chi connectivity index (χ2v) is 7.20. The van der Waals surface area contributed by atoms with Gasteiger partial charge in [-0.15, -0.1) is 0 Å². The Morgan fingerprint density at radius 1 is 1.18 bits per heavy atom. The lowest BCUT2D eigenvalue weighted by molar-refractivity contribution is 0.248. The highest BCUT2D eigenvalue weighted by molar-refractivity contribution is 5.78. The van der Waals surface area contributed by atoms with Crippen LogP contribution in [0.4, 0.5) is 4.39 Å². The van der Waals surface area contributed by atoms with Gasteiger partial charge in [0.2, 0.25) is 0 Å². The first-order valence-corrected chi connectivity index (χ1v) is 9.53. The summed E-state index contributed by atoms with van der Waals surface area (Å²) in [5, 5.41) is 9.06. The molecule has 0 bridgehead atoms. The molecule has 4 nitrogen and oxygen atoms in total. The van der Waals surface area contributed by atoms with Crippen molar-refractivity contribution in [3.63, 3.8) is 0 Å². The van der Waals surface area contributed by atoms with Crippen LogP contribution in [0.1, 0.15) is 29.5 Å². The van der Waals surface area contributed by atoms with Crippen LogP contribution in [-0.4, -0.2) is 28.2 Å². The van der Waals surface area contributed by atoms with E-state index in [1.165, 1.54) is 0 Å². The van der Waals surface area contributed by atoms with E-state index >= 15 is 4.39 Å². The van der Waals surface area contributed by atoms with Crippen molar-refractivity contribution in [2.24, 2.45) is 0 Å². The van der Waals surface area contributed by atoms with Gasteiger partial charge in [-0.05, 0) is 48.0 Å². The molecule has 2 aromatic carbocycles. The molecule has 0 saturated carbocycles. The molecule has 1 atom stereocenters. The maximum Gasteiger partial charge on any atom is 0.137 e. The number of likely N-dealkylation sites (N-methyl/N-ethyl adjacent to an activating group) is 1. The Balaban J connectivity index is 1.64. The summed E-state index contributed by atoms with van der Waals surface area (Å²) < 4.78 is 21.1. The molecule has 1 unspecified atom stereocenters. The molecule has 5 heteroatoms. The van der Waals surface area contributed by atoms with Crippen LogP contribution in [0.3, 0.4) is 0 Å². The summed E-state index contributed by atoms with van der Waals surface area (Å²) in [7, 11) is 0. The summed E-state index contributed by atoms with van der Waals surface area (Å²) in [4.78, 5) is 2.28. The molecule has 0 amide bonds. The molecule has 2 aromatic heterocycles. The zero-order valence-electron chi connectivity index (χ0n) is 15.6. The summed E-state index contributed by atoms with van der Waals surface area (Å²) in [5.74, 6) is -0.0937. The zero-order chi connectivity index (χ0) is 19.1. The van der Waals surface area contributed by atoms with Crippen molar-refractivity contribution < 1.29 is 8.81 Å². The van der Waals surface area contributed by atoms with E-state index in [1.54, 1.807) is 24.6 Å². The average molecular weight is 373 g/mol. The lowest BCUT2D eigenvalue weighted by atomic mass is 9.83. The van der Waals surface area contributed by atoms with E-state index in [4.69, 9.17) is 4.42 Å². The minimum absolute atomic E-state index is 0.101. The zero-order valence-corrected chi connectivity index (χ0v) is 15.6. The fourth-order valence-corrected chi connectivity index (χ4v) is 4.12. The van der Waals surface area contributed by atoms with E-state index in [0.29, 0.717) is 17.8 Å². The molecule has 0 N–H and O–H groups in total. The number of benzene rings is 2. The third-order valence-corrected chi connectivity index (χ3v) is 5.66. The van der Waals surface area contributed by atoms with Gasteiger partial charge < -0.3 is 4.42 Å². The van der Waals surface area contributed by atoms with E-state index in [9.17, 15) is 0 Å². The maximum absolute atomic E-state index is 15.5. The van der Waals surface area contributed by atoms with E-state index < -0.39 is 0 Å². The second-order valence-electron chi connectivity index (χ2n) is 7.20. The van der Waals surface area contributed by atoms with Gasteiger partial charge in [0.15, 0.2) is 0 Å². The average Bonchev–Trinajstić information content (AvgIpc) is 3.22. The Kier molecular flexibility index (Phi) is 4.17. The van der Waals surface area contributed by atoms with Crippen molar-refractivity contribution in [1.29, 1.82) is 0 Å². The van der Waals surface area contributed by atoms with Gasteiger partial charge in [-0.25, -0.2) is 4.39 Å². The number of aromatic nitrogens is 2. The van der Waals surface area contributed by atoms with E-state index in [0.717, 1.165) is 40.7 Å². The number of nitrogens with zero attached hydrogens (tertiary/aromatic N) is 3. The molecule has 5 rings (SSSR count). The van der Waals surface area contributed by atoms with Crippen molar-refractivity contribution in [2.75, 3.05) is 13.1 Å². The van der Waals surface area contributed by atoms with Crippen LogP contribution in [-0.2, 0) is 6.54 Å². The summed E-state index contributed by atoms with van der Waals surface area (Å²) in [6.07, 6.45) is 3.30. The van der Waals surface area contributed by atoms with Gasteiger partial charge in [0.1, 0.15) is 11.4 Å². The topological polar surface area (TPSA) is 42.2 Å². The molecule has 0 saturated heterocycles. The van der Waals surface area contributed by atoms with Crippen molar-refractivity contribution >= 4 is 11.0 Å². The molecule has 1 aliphatic rings. The SMILES string of the molecule is CCN1Cc2c(ccc(-c3cccnn3)c2F)C(c2ccc3ccoc3c2)C1. The molecule has 1 aliphatic heterocycles. The van der Waals surface area contributed by atoms with Gasteiger partial charge in [0.05, 0.1) is 12.0 Å². The Labute approximate surface area is 162 Å². The summed E-state index contributed by atoms with van der Waals surface area (Å²) in [6.45, 7) is 4.45. The van der Waals surface area contributed by atoms with Gasteiger partial charge in [-0.2, -0.15) is 10.2 Å². The van der Waals surface area contributed by atoms with Crippen molar-refractivity contribution in [3.8, 4) is 11.3 Å². The lowest BCUT2D eigenvalue weighted by Gasteiger charge is -2.35. The van der Waals surface area contributed by atoms with Crippen LogP contribution in [0.2, 0.25) is 0 Å². The molecule has 28 heavy (non-hydrogen) atoms. The van der Waals surface area contributed by atoms with Crippen molar-refractivity contribution in [1.82, 2.24) is 15.1 Å². The summed E-state index contributed by atoms with van der Waals surface area (Å²) >= 11 is 0. The van der Waals surface area contributed by atoms with Gasteiger partial charge in [-0.1, -0.05) is 25.1 Å². The largest absolute Gasteiger partial charge is 0.464 e. The first-order valence-electron chi connectivity index (χ1n) is 9.53. The number of halogens is 1. The van der Waals surface area contributed by atoms with Crippen LogP contribution >= 0.6 is 0 Å². The number of furan rings is 1.